The Balaban J connectivity index is 3.71. The molecule has 104 valence electrons. The van der Waals surface area contributed by atoms with E-state index in [-0.39, 0.29) is 11.7 Å². The maximum atomic E-state index is 11.5. The number of Topliss-reactive ketones (excluding diaryl/α,β-unsaturated/α-hetero) is 1. The summed E-state index contributed by atoms with van der Waals surface area (Å²) < 4.78 is 0. The number of allylic oxidation sites excluding steroid dienone is 3. The maximum Gasteiger partial charge on any atom is 0.136 e. The van der Waals surface area contributed by atoms with Gasteiger partial charge in [0.15, 0.2) is 0 Å². The van der Waals surface area contributed by atoms with E-state index >= 15 is 0 Å². The summed E-state index contributed by atoms with van der Waals surface area (Å²) in [6, 6.07) is 0. The third kappa shape index (κ3) is 10.3. The van der Waals surface area contributed by atoms with Crippen molar-refractivity contribution in [1.29, 1.82) is 0 Å². The Labute approximate surface area is 113 Å². The molecule has 0 radical (unpaired) electrons. The highest BCUT2D eigenvalue weighted by atomic mass is 16.1. The Bertz CT molecular complexity index is 263. The third-order valence-electron chi connectivity index (χ3n) is 3.25. The molecule has 0 spiro atoms. The number of carbonyl (C=O) groups excluding carboxylic acids is 1. The second-order valence-electron chi connectivity index (χ2n) is 5.33. The Hall–Kier alpha value is -0.850. The van der Waals surface area contributed by atoms with Gasteiger partial charge in [-0.15, -0.1) is 0 Å². The predicted molar refractivity (Wildman–Crippen MR) is 80.7 cm³/mol. The van der Waals surface area contributed by atoms with Gasteiger partial charge in [-0.2, -0.15) is 0 Å². The lowest BCUT2D eigenvalue weighted by Gasteiger charge is -2.08. The zero-order valence-electron chi connectivity index (χ0n) is 12.5. The molecule has 0 aliphatic heterocycles. The summed E-state index contributed by atoms with van der Waals surface area (Å²) in [6.07, 6.45) is 14.1. The lowest BCUT2D eigenvalue weighted by molar-refractivity contribution is -0.119. The molecule has 1 atom stereocenters. The molecule has 0 amide bonds. The number of rotatable bonds is 11. The predicted octanol–water partition coefficient (Wildman–Crippen LogP) is 5.46. The summed E-state index contributed by atoms with van der Waals surface area (Å²) in [6.45, 7) is 9.72. The van der Waals surface area contributed by atoms with Crippen LogP contribution in [-0.2, 0) is 4.79 Å². The molecule has 0 aliphatic rings. The molecular formula is C17H30O. The lowest BCUT2D eigenvalue weighted by atomic mass is 9.96. The van der Waals surface area contributed by atoms with Crippen LogP contribution in [0.15, 0.2) is 24.3 Å². The van der Waals surface area contributed by atoms with Crippen LogP contribution in [0.1, 0.15) is 72.1 Å². The zero-order valence-corrected chi connectivity index (χ0v) is 12.5. The molecule has 0 saturated carbocycles. The van der Waals surface area contributed by atoms with Crippen molar-refractivity contribution in [3.8, 4) is 0 Å². The summed E-state index contributed by atoms with van der Waals surface area (Å²) >= 11 is 0. The molecule has 0 N–H and O–H groups in total. The van der Waals surface area contributed by atoms with E-state index < -0.39 is 0 Å². The zero-order chi connectivity index (χ0) is 13.8. The van der Waals surface area contributed by atoms with E-state index in [9.17, 15) is 4.79 Å². The van der Waals surface area contributed by atoms with E-state index in [1.165, 1.54) is 38.5 Å². The Kier molecular flexibility index (Phi) is 10.7. The van der Waals surface area contributed by atoms with Gasteiger partial charge in [-0.05, 0) is 20.3 Å². The fourth-order valence-corrected chi connectivity index (χ4v) is 2.04. The van der Waals surface area contributed by atoms with Crippen LogP contribution in [-0.4, -0.2) is 5.78 Å². The standard InChI is InChI=1S/C17H30O/c1-5-6-7-8-9-10-11-12-17(16(4)18)14-13-15(2)3/h13-14,17H,2,5-12H2,1,3-4H3. The lowest BCUT2D eigenvalue weighted by Crippen LogP contribution is -2.07. The normalized spacial score (nSPS) is 12.8. The average molecular weight is 250 g/mol. The van der Waals surface area contributed by atoms with Crippen LogP contribution < -0.4 is 0 Å². The molecule has 18 heavy (non-hydrogen) atoms. The fourth-order valence-electron chi connectivity index (χ4n) is 2.04. The second kappa shape index (κ2) is 11.3. The molecule has 1 nitrogen and oxygen atoms in total. The minimum atomic E-state index is 0.0948. The van der Waals surface area contributed by atoms with Gasteiger partial charge in [0.25, 0.3) is 0 Å². The molecule has 0 rings (SSSR count). The molecule has 0 aromatic carbocycles. The van der Waals surface area contributed by atoms with E-state index in [0.29, 0.717) is 0 Å². The van der Waals surface area contributed by atoms with Crippen molar-refractivity contribution in [1.82, 2.24) is 0 Å². The minimum absolute atomic E-state index is 0.0948. The van der Waals surface area contributed by atoms with Gasteiger partial charge in [0.2, 0.25) is 0 Å². The highest BCUT2D eigenvalue weighted by molar-refractivity contribution is 5.80. The maximum absolute atomic E-state index is 11.5. The first-order chi connectivity index (χ1) is 8.57. The van der Waals surface area contributed by atoms with Crippen LogP contribution >= 0.6 is 0 Å². The SMILES string of the molecule is C=C(C)C=CC(CCCCCCCCC)C(C)=O. The van der Waals surface area contributed by atoms with Gasteiger partial charge in [-0.25, -0.2) is 0 Å². The first-order valence-corrected chi connectivity index (χ1v) is 7.42. The van der Waals surface area contributed by atoms with Gasteiger partial charge in [-0.3, -0.25) is 4.79 Å². The highest BCUT2D eigenvalue weighted by Crippen LogP contribution is 2.15. The number of unbranched alkanes of at least 4 members (excludes halogenated alkanes) is 6. The number of hydrogen-bond acceptors (Lipinski definition) is 1. The van der Waals surface area contributed by atoms with E-state index in [1.807, 2.05) is 19.1 Å². The molecule has 0 saturated heterocycles. The van der Waals surface area contributed by atoms with Gasteiger partial charge >= 0.3 is 0 Å². The summed E-state index contributed by atoms with van der Waals surface area (Å²) in [5.74, 6) is 0.371. The second-order valence-corrected chi connectivity index (χ2v) is 5.33. The van der Waals surface area contributed by atoms with Crippen molar-refractivity contribution < 1.29 is 4.79 Å². The Morgan fingerprint density at radius 3 is 2.11 bits per heavy atom. The molecule has 0 aromatic heterocycles. The van der Waals surface area contributed by atoms with Crippen molar-refractivity contribution in [3.63, 3.8) is 0 Å². The first kappa shape index (κ1) is 17.2. The van der Waals surface area contributed by atoms with Gasteiger partial charge < -0.3 is 0 Å². The molecule has 1 unspecified atom stereocenters. The molecule has 1 heteroatoms. The summed E-state index contributed by atoms with van der Waals surface area (Å²) in [5, 5.41) is 0. The van der Waals surface area contributed by atoms with Crippen LogP contribution in [0, 0.1) is 5.92 Å². The number of carbonyl (C=O) groups is 1. The average Bonchev–Trinajstić information content (AvgIpc) is 2.31. The molecule has 0 fully saturated rings. The smallest absolute Gasteiger partial charge is 0.136 e. The van der Waals surface area contributed by atoms with Crippen molar-refractivity contribution >= 4 is 5.78 Å². The number of ketones is 1. The molecular weight excluding hydrogens is 220 g/mol. The number of hydrogen-bond donors (Lipinski definition) is 0. The van der Waals surface area contributed by atoms with E-state index in [2.05, 4.69) is 13.5 Å². The molecule has 0 bridgehead atoms. The quantitative estimate of drug-likeness (QED) is 0.351. The van der Waals surface area contributed by atoms with E-state index in [0.717, 1.165) is 18.4 Å². The highest BCUT2D eigenvalue weighted by Gasteiger charge is 2.09. The van der Waals surface area contributed by atoms with Crippen molar-refractivity contribution in [2.24, 2.45) is 5.92 Å². The summed E-state index contributed by atoms with van der Waals surface area (Å²) in [5.41, 5.74) is 1.01. The van der Waals surface area contributed by atoms with E-state index in [4.69, 9.17) is 0 Å². The van der Waals surface area contributed by atoms with Gasteiger partial charge in [0.1, 0.15) is 5.78 Å². The Morgan fingerprint density at radius 2 is 1.61 bits per heavy atom. The minimum Gasteiger partial charge on any atom is -0.299 e. The molecule has 0 aromatic rings. The van der Waals surface area contributed by atoms with Crippen LogP contribution in [0.2, 0.25) is 0 Å². The van der Waals surface area contributed by atoms with Crippen LogP contribution in [0.5, 0.6) is 0 Å². The molecule has 0 heterocycles. The van der Waals surface area contributed by atoms with Crippen LogP contribution in [0.25, 0.3) is 0 Å². The van der Waals surface area contributed by atoms with Crippen LogP contribution in [0.4, 0.5) is 0 Å². The van der Waals surface area contributed by atoms with Gasteiger partial charge in [0, 0.05) is 5.92 Å². The summed E-state index contributed by atoms with van der Waals surface area (Å²) in [7, 11) is 0. The summed E-state index contributed by atoms with van der Waals surface area (Å²) in [4.78, 5) is 11.5. The largest absolute Gasteiger partial charge is 0.299 e. The van der Waals surface area contributed by atoms with Crippen molar-refractivity contribution in [2.45, 2.75) is 72.1 Å². The molecule has 0 aliphatic carbocycles. The fraction of sp³-hybridized carbons (Fsp3) is 0.706. The van der Waals surface area contributed by atoms with Gasteiger partial charge in [-0.1, -0.05) is 76.2 Å². The monoisotopic (exact) mass is 250 g/mol. The third-order valence-corrected chi connectivity index (χ3v) is 3.25. The van der Waals surface area contributed by atoms with E-state index in [1.54, 1.807) is 6.92 Å². The van der Waals surface area contributed by atoms with Crippen LogP contribution in [0.3, 0.4) is 0 Å². The van der Waals surface area contributed by atoms with Crippen molar-refractivity contribution in [3.05, 3.63) is 24.3 Å². The topological polar surface area (TPSA) is 17.1 Å². The first-order valence-electron chi connectivity index (χ1n) is 7.42. The van der Waals surface area contributed by atoms with Crippen molar-refractivity contribution in [2.75, 3.05) is 0 Å². The van der Waals surface area contributed by atoms with Gasteiger partial charge in [0.05, 0.1) is 0 Å². The Morgan fingerprint density at radius 1 is 1.06 bits per heavy atom.